The third kappa shape index (κ3) is 8.21. The SMILES string of the molecule is CCCCCOc1ccc(OC(=O)C=Cc2ccc(C(=O)OCCC)cc2)cc1. The fraction of sp³-hybridized carbons (Fsp3) is 0.333. The van der Waals surface area contributed by atoms with E-state index in [1.165, 1.54) is 6.08 Å². The van der Waals surface area contributed by atoms with Crippen LogP contribution in [0.15, 0.2) is 54.6 Å². The molecule has 0 aliphatic carbocycles. The van der Waals surface area contributed by atoms with Gasteiger partial charge in [0.15, 0.2) is 0 Å². The number of benzene rings is 2. The van der Waals surface area contributed by atoms with Crippen LogP contribution < -0.4 is 9.47 Å². The summed E-state index contributed by atoms with van der Waals surface area (Å²) in [4.78, 5) is 23.8. The Bertz CT molecular complexity index is 791. The van der Waals surface area contributed by atoms with E-state index >= 15 is 0 Å². The fourth-order valence-corrected chi connectivity index (χ4v) is 2.47. The van der Waals surface area contributed by atoms with E-state index in [2.05, 4.69) is 6.92 Å². The molecular weight excluding hydrogens is 368 g/mol. The Morgan fingerprint density at radius 3 is 2.17 bits per heavy atom. The number of carbonyl (C=O) groups excluding carboxylic acids is 2. The van der Waals surface area contributed by atoms with Crippen molar-refractivity contribution in [3.63, 3.8) is 0 Å². The van der Waals surface area contributed by atoms with Crippen LogP contribution in [0.4, 0.5) is 0 Å². The summed E-state index contributed by atoms with van der Waals surface area (Å²) in [5, 5.41) is 0. The minimum Gasteiger partial charge on any atom is -0.494 e. The smallest absolute Gasteiger partial charge is 0.338 e. The monoisotopic (exact) mass is 396 g/mol. The first kappa shape index (κ1) is 22.2. The van der Waals surface area contributed by atoms with Gasteiger partial charge in [-0.25, -0.2) is 9.59 Å². The van der Waals surface area contributed by atoms with Crippen molar-refractivity contribution < 1.29 is 23.8 Å². The average molecular weight is 396 g/mol. The van der Waals surface area contributed by atoms with Gasteiger partial charge in [0, 0.05) is 6.08 Å². The summed E-state index contributed by atoms with van der Waals surface area (Å²) in [7, 11) is 0. The molecule has 2 aromatic rings. The van der Waals surface area contributed by atoms with Gasteiger partial charge in [-0.05, 0) is 60.9 Å². The van der Waals surface area contributed by atoms with E-state index < -0.39 is 5.97 Å². The minimum atomic E-state index is -0.479. The van der Waals surface area contributed by atoms with Crippen molar-refractivity contribution in [2.24, 2.45) is 0 Å². The van der Waals surface area contributed by atoms with Crippen LogP contribution in [0.25, 0.3) is 6.08 Å². The maximum atomic E-state index is 12.0. The van der Waals surface area contributed by atoms with Gasteiger partial charge in [-0.1, -0.05) is 38.8 Å². The molecule has 0 unspecified atom stereocenters. The Kier molecular flexibility index (Phi) is 9.49. The summed E-state index contributed by atoms with van der Waals surface area (Å²) >= 11 is 0. The standard InChI is InChI=1S/C24H28O5/c1-3-5-6-18-27-21-12-14-22(15-13-21)29-23(25)16-9-19-7-10-20(11-8-19)24(26)28-17-4-2/h7-16H,3-6,17-18H2,1-2H3. The van der Waals surface area contributed by atoms with E-state index in [9.17, 15) is 9.59 Å². The molecule has 0 aromatic heterocycles. The lowest BCUT2D eigenvalue weighted by atomic mass is 10.1. The average Bonchev–Trinajstić information content (AvgIpc) is 2.75. The highest BCUT2D eigenvalue weighted by atomic mass is 16.5. The summed E-state index contributed by atoms with van der Waals surface area (Å²) < 4.78 is 16.0. The quantitative estimate of drug-likeness (QED) is 0.219. The number of ether oxygens (including phenoxy) is 3. The predicted molar refractivity (Wildman–Crippen MR) is 113 cm³/mol. The van der Waals surface area contributed by atoms with Crippen molar-refractivity contribution >= 4 is 18.0 Å². The van der Waals surface area contributed by atoms with Crippen LogP contribution in [0, 0.1) is 0 Å². The van der Waals surface area contributed by atoms with Gasteiger partial charge in [-0.15, -0.1) is 0 Å². The molecule has 0 atom stereocenters. The van der Waals surface area contributed by atoms with Crippen molar-refractivity contribution in [3.8, 4) is 11.5 Å². The molecule has 0 amide bonds. The Morgan fingerprint density at radius 1 is 0.828 bits per heavy atom. The van der Waals surface area contributed by atoms with E-state index in [1.807, 2.05) is 6.92 Å². The highest BCUT2D eigenvalue weighted by Crippen LogP contribution is 2.18. The molecule has 2 rings (SSSR count). The van der Waals surface area contributed by atoms with Crippen LogP contribution in [0.2, 0.25) is 0 Å². The Hall–Kier alpha value is -3.08. The van der Waals surface area contributed by atoms with Gasteiger partial charge in [0.05, 0.1) is 18.8 Å². The minimum absolute atomic E-state index is 0.348. The van der Waals surface area contributed by atoms with E-state index in [1.54, 1.807) is 54.6 Å². The van der Waals surface area contributed by atoms with Crippen LogP contribution in [0.1, 0.15) is 55.5 Å². The van der Waals surface area contributed by atoms with Gasteiger partial charge >= 0.3 is 11.9 Å². The zero-order chi connectivity index (χ0) is 20.9. The van der Waals surface area contributed by atoms with E-state index in [4.69, 9.17) is 14.2 Å². The molecule has 0 spiro atoms. The van der Waals surface area contributed by atoms with Crippen LogP contribution in [-0.2, 0) is 9.53 Å². The molecule has 5 heteroatoms. The summed E-state index contributed by atoms with van der Waals surface area (Å²) in [5.74, 6) is 0.385. The van der Waals surface area contributed by atoms with E-state index in [-0.39, 0.29) is 5.97 Å². The molecule has 0 fully saturated rings. The zero-order valence-electron chi connectivity index (χ0n) is 17.1. The normalized spacial score (nSPS) is 10.7. The molecule has 29 heavy (non-hydrogen) atoms. The maximum absolute atomic E-state index is 12.0. The van der Waals surface area contributed by atoms with Crippen molar-refractivity contribution in [1.29, 1.82) is 0 Å². The summed E-state index contributed by atoms with van der Waals surface area (Å²) in [6.45, 7) is 5.18. The lowest BCUT2D eigenvalue weighted by molar-refractivity contribution is -0.128. The summed E-state index contributed by atoms with van der Waals surface area (Å²) in [6, 6.07) is 13.8. The van der Waals surface area contributed by atoms with E-state index in [0.717, 1.165) is 37.0 Å². The zero-order valence-corrected chi connectivity index (χ0v) is 17.1. The topological polar surface area (TPSA) is 61.8 Å². The maximum Gasteiger partial charge on any atom is 0.338 e. The Balaban J connectivity index is 1.82. The second-order valence-corrected chi connectivity index (χ2v) is 6.54. The van der Waals surface area contributed by atoms with E-state index in [0.29, 0.717) is 24.5 Å². The van der Waals surface area contributed by atoms with Gasteiger partial charge in [-0.2, -0.15) is 0 Å². The van der Waals surface area contributed by atoms with Crippen molar-refractivity contribution in [2.45, 2.75) is 39.5 Å². The van der Waals surface area contributed by atoms with Crippen LogP contribution in [-0.4, -0.2) is 25.2 Å². The van der Waals surface area contributed by atoms with Gasteiger partial charge in [-0.3, -0.25) is 0 Å². The molecule has 0 heterocycles. The summed E-state index contributed by atoms with van der Waals surface area (Å²) in [5.41, 5.74) is 1.26. The first-order chi connectivity index (χ1) is 14.1. The second-order valence-electron chi connectivity index (χ2n) is 6.54. The second kappa shape index (κ2) is 12.4. The number of rotatable bonds is 11. The predicted octanol–water partition coefficient (Wildman–Crippen LogP) is 5.44. The van der Waals surface area contributed by atoms with Crippen LogP contribution >= 0.6 is 0 Å². The molecule has 5 nitrogen and oxygen atoms in total. The molecule has 0 aliphatic heterocycles. The first-order valence-corrected chi connectivity index (χ1v) is 10.0. The molecule has 0 saturated carbocycles. The largest absolute Gasteiger partial charge is 0.494 e. The molecule has 0 N–H and O–H groups in total. The molecule has 2 aromatic carbocycles. The first-order valence-electron chi connectivity index (χ1n) is 10.0. The van der Waals surface area contributed by atoms with Gasteiger partial charge in [0.2, 0.25) is 0 Å². The highest BCUT2D eigenvalue weighted by molar-refractivity contribution is 5.91. The molecule has 0 aliphatic rings. The molecular formula is C24H28O5. The molecule has 154 valence electrons. The Labute approximate surface area is 172 Å². The van der Waals surface area contributed by atoms with Crippen LogP contribution in [0.5, 0.6) is 11.5 Å². The number of hydrogen-bond acceptors (Lipinski definition) is 5. The van der Waals surface area contributed by atoms with Gasteiger partial charge in [0.25, 0.3) is 0 Å². The lowest BCUT2D eigenvalue weighted by Crippen LogP contribution is -2.05. The van der Waals surface area contributed by atoms with Gasteiger partial charge in [0.1, 0.15) is 11.5 Å². The number of esters is 2. The summed E-state index contributed by atoms with van der Waals surface area (Å²) in [6.07, 6.45) is 7.09. The third-order valence-corrected chi connectivity index (χ3v) is 4.05. The van der Waals surface area contributed by atoms with Crippen molar-refractivity contribution in [3.05, 3.63) is 65.7 Å². The number of carbonyl (C=O) groups is 2. The van der Waals surface area contributed by atoms with Crippen molar-refractivity contribution in [2.75, 3.05) is 13.2 Å². The third-order valence-electron chi connectivity index (χ3n) is 4.05. The lowest BCUT2D eigenvalue weighted by Gasteiger charge is -2.06. The Morgan fingerprint density at radius 2 is 1.52 bits per heavy atom. The molecule has 0 bridgehead atoms. The molecule has 0 saturated heterocycles. The number of hydrogen-bond donors (Lipinski definition) is 0. The van der Waals surface area contributed by atoms with Crippen LogP contribution in [0.3, 0.4) is 0 Å². The fourth-order valence-electron chi connectivity index (χ4n) is 2.47. The van der Waals surface area contributed by atoms with Gasteiger partial charge < -0.3 is 14.2 Å². The molecule has 0 radical (unpaired) electrons. The number of unbranched alkanes of at least 4 members (excludes halogenated alkanes) is 2. The highest BCUT2D eigenvalue weighted by Gasteiger charge is 2.06. The van der Waals surface area contributed by atoms with Crippen molar-refractivity contribution in [1.82, 2.24) is 0 Å².